The van der Waals surface area contributed by atoms with Crippen LogP contribution in [0.1, 0.15) is 29.8 Å². The molecule has 2 aromatic carbocycles. The van der Waals surface area contributed by atoms with Crippen molar-refractivity contribution in [3.63, 3.8) is 0 Å². The summed E-state index contributed by atoms with van der Waals surface area (Å²) in [6, 6.07) is 12.4. The van der Waals surface area contributed by atoms with E-state index in [9.17, 15) is 9.59 Å². The smallest absolute Gasteiger partial charge is 0.257 e. The molecule has 0 radical (unpaired) electrons. The lowest BCUT2D eigenvalue weighted by Gasteiger charge is -2.09. The van der Waals surface area contributed by atoms with Gasteiger partial charge in [-0.15, -0.1) is 0 Å². The number of carbonyl (C=O) groups is 2. The molecule has 0 spiro atoms. The number of fused-ring (bicyclic) bond motifs is 1. The van der Waals surface area contributed by atoms with Gasteiger partial charge in [-0.2, -0.15) is 0 Å². The Morgan fingerprint density at radius 3 is 2.74 bits per heavy atom. The van der Waals surface area contributed by atoms with Gasteiger partial charge in [0.05, 0.1) is 12.3 Å². The molecule has 1 aliphatic rings. The van der Waals surface area contributed by atoms with Crippen LogP contribution in [0.2, 0.25) is 0 Å². The molecular weight excluding hydrogens is 362 g/mol. The van der Waals surface area contributed by atoms with Gasteiger partial charge in [0.15, 0.2) is 5.17 Å². The molecular formula is C20H19N3O3S. The molecule has 2 aromatic rings. The molecule has 27 heavy (non-hydrogen) atoms. The van der Waals surface area contributed by atoms with Crippen LogP contribution in [0.3, 0.4) is 0 Å². The zero-order valence-corrected chi connectivity index (χ0v) is 15.8. The van der Waals surface area contributed by atoms with Crippen molar-refractivity contribution in [2.24, 2.45) is 4.99 Å². The number of nitrogens with one attached hydrogen (secondary N) is 2. The van der Waals surface area contributed by atoms with Gasteiger partial charge in [0.25, 0.3) is 5.91 Å². The van der Waals surface area contributed by atoms with Gasteiger partial charge in [-0.05, 0) is 48.7 Å². The number of aliphatic imine (C=N–C) groups is 1. The second kappa shape index (κ2) is 8.55. The molecule has 0 saturated carbocycles. The van der Waals surface area contributed by atoms with Gasteiger partial charge in [0.1, 0.15) is 5.75 Å². The van der Waals surface area contributed by atoms with E-state index in [1.807, 2.05) is 36.6 Å². The average Bonchev–Trinajstić information content (AvgIpc) is 2.84. The number of benzene rings is 2. The standard InChI is InChI=1S/C20H19N3O3S/c1-3-26-18-9-5-8-17-16(18)10-11-27-20(22-17)23-19(25)14-6-4-7-15(12-14)21-13(2)24/h4-12H,3H2,1-2H3,(H,21,24)(H,22,23,25). The first-order chi connectivity index (χ1) is 13.1. The predicted molar refractivity (Wildman–Crippen MR) is 110 cm³/mol. The number of nitrogens with zero attached hydrogens (tertiary/aromatic N) is 1. The van der Waals surface area contributed by atoms with Crippen LogP contribution in [0.4, 0.5) is 11.4 Å². The molecule has 2 amide bonds. The molecule has 3 rings (SSSR count). The highest BCUT2D eigenvalue weighted by Gasteiger charge is 2.14. The highest BCUT2D eigenvalue weighted by atomic mass is 32.2. The molecule has 2 N–H and O–H groups in total. The fourth-order valence-electron chi connectivity index (χ4n) is 2.55. The van der Waals surface area contributed by atoms with E-state index in [4.69, 9.17) is 4.74 Å². The van der Waals surface area contributed by atoms with Crippen molar-refractivity contribution < 1.29 is 14.3 Å². The number of hydrogen-bond donors (Lipinski definition) is 2. The number of rotatable bonds is 4. The van der Waals surface area contributed by atoms with Crippen molar-refractivity contribution in [2.75, 3.05) is 11.9 Å². The van der Waals surface area contributed by atoms with E-state index in [0.717, 1.165) is 17.0 Å². The number of thioether (sulfide) groups is 1. The zero-order valence-electron chi connectivity index (χ0n) is 15.0. The van der Waals surface area contributed by atoms with Crippen LogP contribution in [0.5, 0.6) is 5.75 Å². The van der Waals surface area contributed by atoms with E-state index in [1.165, 1.54) is 18.7 Å². The molecule has 0 aromatic heterocycles. The molecule has 6 nitrogen and oxygen atoms in total. The summed E-state index contributed by atoms with van der Waals surface area (Å²) in [4.78, 5) is 28.3. The minimum absolute atomic E-state index is 0.192. The quantitative estimate of drug-likeness (QED) is 0.833. The molecule has 0 atom stereocenters. The van der Waals surface area contributed by atoms with Crippen molar-refractivity contribution >= 4 is 46.2 Å². The molecule has 7 heteroatoms. The second-order valence-corrected chi connectivity index (χ2v) is 6.57. The van der Waals surface area contributed by atoms with E-state index in [0.29, 0.717) is 23.0 Å². The average molecular weight is 381 g/mol. The third kappa shape index (κ3) is 4.77. The van der Waals surface area contributed by atoms with E-state index < -0.39 is 0 Å². The van der Waals surface area contributed by atoms with Gasteiger partial charge in [-0.3, -0.25) is 9.59 Å². The van der Waals surface area contributed by atoms with Gasteiger partial charge < -0.3 is 15.4 Å². The maximum atomic E-state index is 12.6. The SMILES string of the molecule is CCOc1cccc2c1C=CSC(NC(=O)c1cccc(NC(C)=O)c1)=N2. The first-order valence-corrected chi connectivity index (χ1v) is 9.31. The largest absolute Gasteiger partial charge is 0.493 e. The molecule has 0 saturated heterocycles. The van der Waals surface area contributed by atoms with Crippen molar-refractivity contribution in [1.29, 1.82) is 0 Å². The summed E-state index contributed by atoms with van der Waals surface area (Å²) in [5, 5.41) is 7.81. The highest BCUT2D eigenvalue weighted by Crippen LogP contribution is 2.33. The van der Waals surface area contributed by atoms with Crippen LogP contribution < -0.4 is 15.4 Å². The van der Waals surface area contributed by atoms with E-state index in [1.54, 1.807) is 24.3 Å². The highest BCUT2D eigenvalue weighted by molar-refractivity contribution is 8.16. The summed E-state index contributed by atoms with van der Waals surface area (Å²) in [5.41, 5.74) is 2.60. The fourth-order valence-corrected chi connectivity index (χ4v) is 3.18. The second-order valence-electron chi connectivity index (χ2n) is 5.68. The Labute approximate surface area is 161 Å². The van der Waals surface area contributed by atoms with Crippen LogP contribution >= 0.6 is 11.8 Å². The summed E-state index contributed by atoms with van der Waals surface area (Å²) in [7, 11) is 0. The van der Waals surface area contributed by atoms with Crippen molar-refractivity contribution in [3.05, 3.63) is 59.0 Å². The zero-order chi connectivity index (χ0) is 19.2. The lowest BCUT2D eigenvalue weighted by atomic mass is 10.1. The molecule has 138 valence electrons. The van der Waals surface area contributed by atoms with Gasteiger partial charge >= 0.3 is 0 Å². The van der Waals surface area contributed by atoms with Crippen LogP contribution in [-0.2, 0) is 4.79 Å². The minimum atomic E-state index is -0.300. The first-order valence-electron chi connectivity index (χ1n) is 8.43. The molecule has 0 aliphatic carbocycles. The predicted octanol–water partition coefficient (Wildman–Crippen LogP) is 4.18. The van der Waals surface area contributed by atoms with E-state index >= 15 is 0 Å². The Morgan fingerprint density at radius 2 is 1.96 bits per heavy atom. The Bertz CT molecular complexity index is 938. The Kier molecular flexibility index (Phi) is 5.93. The Morgan fingerprint density at radius 1 is 1.15 bits per heavy atom. The summed E-state index contributed by atoms with van der Waals surface area (Å²) in [6.07, 6.45) is 1.92. The van der Waals surface area contributed by atoms with Gasteiger partial charge in [-0.25, -0.2) is 4.99 Å². The van der Waals surface area contributed by atoms with E-state index in [-0.39, 0.29) is 11.8 Å². The normalized spacial score (nSPS) is 12.4. The third-order valence-electron chi connectivity index (χ3n) is 3.64. The molecule has 0 bridgehead atoms. The molecule has 0 unspecified atom stereocenters. The molecule has 0 fully saturated rings. The Balaban J connectivity index is 1.81. The summed E-state index contributed by atoms with van der Waals surface area (Å²) in [5.74, 6) is 0.264. The fraction of sp³-hybridized carbons (Fsp3) is 0.150. The van der Waals surface area contributed by atoms with E-state index in [2.05, 4.69) is 15.6 Å². The summed E-state index contributed by atoms with van der Waals surface area (Å²) in [6.45, 7) is 3.91. The summed E-state index contributed by atoms with van der Waals surface area (Å²) < 4.78 is 5.64. The van der Waals surface area contributed by atoms with Gasteiger partial charge in [0, 0.05) is 23.7 Å². The van der Waals surface area contributed by atoms with Gasteiger partial charge in [-0.1, -0.05) is 23.9 Å². The number of amidine groups is 1. The maximum Gasteiger partial charge on any atom is 0.257 e. The topological polar surface area (TPSA) is 79.8 Å². The van der Waals surface area contributed by atoms with Crippen LogP contribution in [0.25, 0.3) is 6.08 Å². The lowest BCUT2D eigenvalue weighted by molar-refractivity contribution is -0.114. The Hall–Kier alpha value is -3.06. The number of ether oxygens (including phenoxy) is 1. The molecule has 1 aliphatic heterocycles. The number of hydrogen-bond acceptors (Lipinski definition) is 5. The maximum absolute atomic E-state index is 12.6. The van der Waals surface area contributed by atoms with Crippen molar-refractivity contribution in [3.8, 4) is 5.75 Å². The number of anilines is 1. The van der Waals surface area contributed by atoms with Crippen molar-refractivity contribution in [2.45, 2.75) is 13.8 Å². The first kappa shape index (κ1) is 18.7. The minimum Gasteiger partial charge on any atom is -0.493 e. The third-order valence-corrected chi connectivity index (χ3v) is 4.33. The summed E-state index contributed by atoms with van der Waals surface area (Å²) >= 11 is 1.32. The number of carbonyl (C=O) groups excluding carboxylic acids is 2. The number of amides is 2. The van der Waals surface area contributed by atoms with Crippen LogP contribution in [0, 0.1) is 0 Å². The lowest BCUT2D eigenvalue weighted by Crippen LogP contribution is -2.28. The molecule has 1 heterocycles. The van der Waals surface area contributed by atoms with Crippen molar-refractivity contribution in [1.82, 2.24) is 5.32 Å². The van der Waals surface area contributed by atoms with Crippen LogP contribution in [0.15, 0.2) is 52.9 Å². The monoisotopic (exact) mass is 381 g/mol. The van der Waals surface area contributed by atoms with Crippen LogP contribution in [-0.4, -0.2) is 23.6 Å². The van der Waals surface area contributed by atoms with Gasteiger partial charge in [0.2, 0.25) is 5.91 Å².